The van der Waals surface area contributed by atoms with Gasteiger partial charge in [0.15, 0.2) is 0 Å². The molecule has 1 amide bonds. The lowest BCUT2D eigenvalue weighted by molar-refractivity contribution is -0.149. The number of nitrogens with one attached hydrogen (secondary N) is 1. The summed E-state index contributed by atoms with van der Waals surface area (Å²) in [6.45, 7) is 2.71. The Hall–Kier alpha value is -1.14. The smallest absolute Gasteiger partial charge is 0.308 e. The molecule has 1 heterocycles. The Bertz CT molecular complexity index is 367. The molecule has 0 aromatic heterocycles. The van der Waals surface area contributed by atoms with Crippen LogP contribution in [0.2, 0.25) is 0 Å². The van der Waals surface area contributed by atoms with E-state index in [-0.39, 0.29) is 36.0 Å². The molecule has 1 aliphatic heterocycles. The summed E-state index contributed by atoms with van der Waals surface area (Å²) in [6, 6.07) is 0.142. The Morgan fingerprint density at radius 2 is 1.90 bits per heavy atom. The van der Waals surface area contributed by atoms with Crippen LogP contribution < -0.4 is 11.1 Å². The van der Waals surface area contributed by atoms with E-state index in [0.717, 1.165) is 38.5 Å². The van der Waals surface area contributed by atoms with E-state index >= 15 is 0 Å². The zero-order chi connectivity index (χ0) is 15.2. The van der Waals surface area contributed by atoms with Crippen molar-refractivity contribution in [2.24, 2.45) is 11.7 Å². The van der Waals surface area contributed by atoms with Gasteiger partial charge in [0, 0.05) is 12.6 Å². The second-order valence-electron chi connectivity index (χ2n) is 5.87. The van der Waals surface area contributed by atoms with Crippen molar-refractivity contribution in [3.8, 4) is 0 Å². The molecule has 0 aromatic rings. The summed E-state index contributed by atoms with van der Waals surface area (Å²) in [7, 11) is 0. The van der Waals surface area contributed by atoms with Gasteiger partial charge in [-0.2, -0.15) is 0 Å². The molecule has 2 unspecified atom stereocenters. The molecule has 2 atom stereocenters. The number of nitrogens with two attached hydrogens (primary N) is 1. The summed E-state index contributed by atoms with van der Waals surface area (Å²) < 4.78 is 10.6. The van der Waals surface area contributed by atoms with Gasteiger partial charge in [-0.3, -0.25) is 9.59 Å². The van der Waals surface area contributed by atoms with Crippen LogP contribution in [0.5, 0.6) is 0 Å². The van der Waals surface area contributed by atoms with Crippen molar-refractivity contribution in [2.45, 2.75) is 63.7 Å². The van der Waals surface area contributed by atoms with E-state index in [4.69, 9.17) is 15.2 Å². The molecule has 6 nitrogen and oxygen atoms in total. The maximum absolute atomic E-state index is 12.1. The summed E-state index contributed by atoms with van der Waals surface area (Å²) in [4.78, 5) is 23.8. The molecule has 2 aliphatic rings. The molecule has 21 heavy (non-hydrogen) atoms. The van der Waals surface area contributed by atoms with E-state index in [9.17, 15) is 9.59 Å². The molecule has 120 valence electrons. The van der Waals surface area contributed by atoms with Crippen LogP contribution in [0.4, 0.5) is 0 Å². The van der Waals surface area contributed by atoms with Crippen LogP contribution in [-0.4, -0.2) is 43.3 Å². The molecule has 1 saturated heterocycles. The molecule has 0 bridgehead atoms. The topological polar surface area (TPSA) is 90.7 Å². The van der Waals surface area contributed by atoms with E-state index in [2.05, 4.69) is 5.32 Å². The quantitative estimate of drug-likeness (QED) is 0.730. The lowest BCUT2D eigenvalue weighted by Gasteiger charge is -2.28. The van der Waals surface area contributed by atoms with E-state index in [1.165, 1.54) is 0 Å². The van der Waals surface area contributed by atoms with Gasteiger partial charge in [-0.1, -0.05) is 0 Å². The number of hydrogen-bond donors (Lipinski definition) is 2. The van der Waals surface area contributed by atoms with E-state index < -0.39 is 0 Å². The second-order valence-corrected chi connectivity index (χ2v) is 5.87. The van der Waals surface area contributed by atoms with E-state index in [1.54, 1.807) is 0 Å². The predicted molar refractivity (Wildman–Crippen MR) is 77.5 cm³/mol. The molecule has 1 saturated carbocycles. The molecular weight excluding hydrogens is 272 g/mol. The number of hydrogen-bond acceptors (Lipinski definition) is 5. The van der Waals surface area contributed by atoms with Crippen LogP contribution in [0, 0.1) is 5.92 Å². The Balaban J connectivity index is 1.71. The Morgan fingerprint density at radius 1 is 1.19 bits per heavy atom. The van der Waals surface area contributed by atoms with Gasteiger partial charge in [-0.05, 0) is 45.4 Å². The third kappa shape index (κ3) is 4.41. The van der Waals surface area contributed by atoms with Gasteiger partial charge in [0.2, 0.25) is 5.91 Å². The second kappa shape index (κ2) is 7.75. The van der Waals surface area contributed by atoms with E-state index in [0.29, 0.717) is 13.2 Å². The van der Waals surface area contributed by atoms with Crippen LogP contribution in [0.1, 0.15) is 45.4 Å². The number of ether oxygens (including phenoxy) is 2. The largest absolute Gasteiger partial charge is 0.466 e. The van der Waals surface area contributed by atoms with Gasteiger partial charge < -0.3 is 20.5 Å². The van der Waals surface area contributed by atoms with Gasteiger partial charge in [0.05, 0.1) is 18.6 Å². The number of carbonyl (C=O) groups is 2. The third-order valence-corrected chi connectivity index (χ3v) is 4.36. The minimum Gasteiger partial charge on any atom is -0.466 e. The molecule has 0 spiro atoms. The number of rotatable bonds is 5. The summed E-state index contributed by atoms with van der Waals surface area (Å²) in [5.41, 5.74) is 5.55. The van der Waals surface area contributed by atoms with Gasteiger partial charge in [0.1, 0.15) is 6.10 Å². The van der Waals surface area contributed by atoms with Crippen molar-refractivity contribution >= 4 is 11.9 Å². The van der Waals surface area contributed by atoms with Gasteiger partial charge in [-0.15, -0.1) is 0 Å². The standard InChI is InChI=1S/C15H26N2O4/c1-2-20-15(19)10-3-5-11(6-4-10)17-14(18)13-8-7-12(9-16)21-13/h10-13H,2-9,16H2,1H3,(H,17,18). The molecule has 0 aromatic carbocycles. The summed E-state index contributed by atoms with van der Waals surface area (Å²) >= 11 is 0. The van der Waals surface area contributed by atoms with Crippen molar-refractivity contribution < 1.29 is 19.1 Å². The fourth-order valence-electron chi connectivity index (χ4n) is 3.10. The Morgan fingerprint density at radius 3 is 2.48 bits per heavy atom. The van der Waals surface area contributed by atoms with Crippen LogP contribution >= 0.6 is 0 Å². The number of carbonyl (C=O) groups excluding carboxylic acids is 2. The van der Waals surface area contributed by atoms with Crippen molar-refractivity contribution in [1.82, 2.24) is 5.32 Å². The van der Waals surface area contributed by atoms with Crippen LogP contribution in [0.3, 0.4) is 0 Å². The highest BCUT2D eigenvalue weighted by molar-refractivity contribution is 5.81. The maximum Gasteiger partial charge on any atom is 0.308 e. The van der Waals surface area contributed by atoms with Crippen LogP contribution in [0.25, 0.3) is 0 Å². The van der Waals surface area contributed by atoms with Gasteiger partial charge in [-0.25, -0.2) is 0 Å². The van der Waals surface area contributed by atoms with Gasteiger partial charge in [0.25, 0.3) is 0 Å². The zero-order valence-corrected chi connectivity index (χ0v) is 12.7. The lowest BCUT2D eigenvalue weighted by atomic mass is 9.86. The van der Waals surface area contributed by atoms with Crippen molar-refractivity contribution in [3.63, 3.8) is 0 Å². The molecule has 1 aliphatic carbocycles. The highest BCUT2D eigenvalue weighted by Gasteiger charge is 2.33. The minimum absolute atomic E-state index is 0.0116. The number of esters is 1. The first-order chi connectivity index (χ1) is 10.1. The third-order valence-electron chi connectivity index (χ3n) is 4.36. The highest BCUT2D eigenvalue weighted by Crippen LogP contribution is 2.26. The minimum atomic E-state index is -0.360. The lowest BCUT2D eigenvalue weighted by Crippen LogP contribution is -2.44. The SMILES string of the molecule is CCOC(=O)C1CCC(NC(=O)C2CCC(CN)O2)CC1. The summed E-state index contributed by atoms with van der Waals surface area (Å²) in [5.74, 6) is -0.153. The summed E-state index contributed by atoms with van der Waals surface area (Å²) in [5, 5.41) is 3.04. The first-order valence-electron chi connectivity index (χ1n) is 7.96. The predicted octanol–water partition coefficient (Wildman–Crippen LogP) is 0.731. The average molecular weight is 298 g/mol. The molecule has 2 fully saturated rings. The summed E-state index contributed by atoms with van der Waals surface area (Å²) in [6.07, 6.45) is 4.45. The first kappa shape index (κ1) is 16.2. The van der Waals surface area contributed by atoms with Gasteiger partial charge >= 0.3 is 5.97 Å². The number of amides is 1. The van der Waals surface area contributed by atoms with Crippen LogP contribution in [0.15, 0.2) is 0 Å². The van der Waals surface area contributed by atoms with Crippen molar-refractivity contribution in [2.75, 3.05) is 13.2 Å². The molecule has 0 radical (unpaired) electrons. The average Bonchev–Trinajstić information content (AvgIpc) is 2.97. The fourth-order valence-corrected chi connectivity index (χ4v) is 3.10. The van der Waals surface area contributed by atoms with Crippen molar-refractivity contribution in [3.05, 3.63) is 0 Å². The zero-order valence-electron chi connectivity index (χ0n) is 12.7. The molecule has 2 rings (SSSR count). The monoisotopic (exact) mass is 298 g/mol. The van der Waals surface area contributed by atoms with Crippen LogP contribution in [-0.2, 0) is 19.1 Å². The highest BCUT2D eigenvalue weighted by atomic mass is 16.5. The first-order valence-corrected chi connectivity index (χ1v) is 7.96. The fraction of sp³-hybridized carbons (Fsp3) is 0.867. The molecule has 6 heteroatoms. The molecule has 3 N–H and O–H groups in total. The van der Waals surface area contributed by atoms with Crippen molar-refractivity contribution in [1.29, 1.82) is 0 Å². The maximum atomic E-state index is 12.1. The van der Waals surface area contributed by atoms with E-state index in [1.807, 2.05) is 6.92 Å². The Kier molecular flexibility index (Phi) is 5.99. The Labute approximate surface area is 125 Å². The normalized spacial score (nSPS) is 32.7. The molecular formula is C15H26N2O4.